The molecule has 5 heteroatoms. The van der Waals surface area contributed by atoms with Gasteiger partial charge in [0.2, 0.25) is 0 Å². The number of anilines is 1. The van der Waals surface area contributed by atoms with Crippen molar-refractivity contribution in [1.29, 1.82) is 0 Å². The highest BCUT2D eigenvalue weighted by atomic mass is 79.9. The van der Waals surface area contributed by atoms with E-state index in [4.69, 9.17) is 4.74 Å². The molecule has 1 atom stereocenters. The number of halogens is 2. The van der Waals surface area contributed by atoms with Gasteiger partial charge >= 0.3 is 0 Å². The van der Waals surface area contributed by atoms with Crippen molar-refractivity contribution in [3.63, 3.8) is 0 Å². The van der Waals surface area contributed by atoms with E-state index < -0.39 is 6.10 Å². The van der Waals surface area contributed by atoms with Crippen molar-refractivity contribution in [2.24, 2.45) is 0 Å². The number of aliphatic hydroxyl groups excluding tert-OH is 1. The van der Waals surface area contributed by atoms with Crippen LogP contribution in [0, 0.1) is 5.82 Å². The van der Waals surface area contributed by atoms with Crippen molar-refractivity contribution >= 4 is 21.6 Å². The molecule has 3 nitrogen and oxygen atoms in total. The minimum Gasteiger partial charge on any atom is -0.497 e. The number of methoxy groups -OCH3 is 1. The van der Waals surface area contributed by atoms with Crippen LogP contribution in [0.5, 0.6) is 5.75 Å². The molecule has 0 bridgehead atoms. The molecule has 0 fully saturated rings. The molecule has 2 N–H and O–H groups in total. The van der Waals surface area contributed by atoms with E-state index in [-0.39, 0.29) is 12.4 Å². The van der Waals surface area contributed by atoms with Crippen LogP contribution in [0.1, 0.15) is 11.7 Å². The maximum Gasteiger partial charge on any atom is 0.139 e. The molecule has 0 aliphatic carbocycles. The zero-order chi connectivity index (χ0) is 14.5. The fraction of sp³-hybridized carbons (Fsp3) is 0.200. The standard InChI is InChI=1S/C15H15BrFNO2/c1-20-12-4-2-3-10(7-12)15(19)9-18-11-5-6-13(16)14(17)8-11/h2-8,15,18-19H,9H2,1H3. The summed E-state index contributed by atoms with van der Waals surface area (Å²) in [4.78, 5) is 0. The minimum atomic E-state index is -0.697. The van der Waals surface area contributed by atoms with Gasteiger partial charge < -0.3 is 15.2 Å². The Hall–Kier alpha value is -1.59. The SMILES string of the molecule is COc1cccc(C(O)CNc2ccc(Br)c(F)c2)c1. The molecule has 2 aromatic rings. The molecule has 1 unspecified atom stereocenters. The van der Waals surface area contributed by atoms with Crippen LogP contribution in [0.4, 0.5) is 10.1 Å². The number of benzene rings is 2. The van der Waals surface area contributed by atoms with Gasteiger partial charge in [-0.25, -0.2) is 4.39 Å². The van der Waals surface area contributed by atoms with E-state index in [0.717, 1.165) is 5.56 Å². The molecule has 2 aromatic carbocycles. The van der Waals surface area contributed by atoms with Gasteiger partial charge in [-0.2, -0.15) is 0 Å². The topological polar surface area (TPSA) is 41.5 Å². The van der Waals surface area contributed by atoms with E-state index in [1.54, 1.807) is 25.3 Å². The molecule has 0 aliphatic heterocycles. The summed E-state index contributed by atoms with van der Waals surface area (Å²) in [5.41, 5.74) is 1.36. The van der Waals surface area contributed by atoms with Crippen LogP contribution in [0.3, 0.4) is 0 Å². The highest BCUT2D eigenvalue weighted by Crippen LogP contribution is 2.22. The van der Waals surface area contributed by atoms with Gasteiger partial charge in [0, 0.05) is 12.2 Å². The van der Waals surface area contributed by atoms with Gasteiger partial charge in [0.25, 0.3) is 0 Å². The monoisotopic (exact) mass is 339 g/mol. The molecule has 0 saturated carbocycles. The van der Waals surface area contributed by atoms with Gasteiger partial charge in [0.05, 0.1) is 17.7 Å². The third-order valence-corrected chi connectivity index (χ3v) is 3.54. The third kappa shape index (κ3) is 3.71. The molecule has 2 rings (SSSR count). The first kappa shape index (κ1) is 14.8. The summed E-state index contributed by atoms with van der Waals surface area (Å²) in [6.07, 6.45) is -0.697. The lowest BCUT2D eigenvalue weighted by molar-refractivity contribution is 0.191. The smallest absolute Gasteiger partial charge is 0.139 e. The van der Waals surface area contributed by atoms with Crippen LogP contribution in [0.2, 0.25) is 0 Å². The largest absolute Gasteiger partial charge is 0.497 e. The zero-order valence-corrected chi connectivity index (χ0v) is 12.5. The Morgan fingerprint density at radius 2 is 2.10 bits per heavy atom. The summed E-state index contributed by atoms with van der Waals surface area (Å²) in [6.45, 7) is 0.286. The lowest BCUT2D eigenvalue weighted by atomic mass is 10.1. The maximum absolute atomic E-state index is 13.4. The van der Waals surface area contributed by atoms with E-state index in [1.165, 1.54) is 6.07 Å². The third-order valence-electron chi connectivity index (χ3n) is 2.90. The van der Waals surface area contributed by atoms with Crippen molar-refractivity contribution in [2.75, 3.05) is 19.0 Å². The molecule has 0 saturated heterocycles. The summed E-state index contributed by atoms with van der Waals surface area (Å²) < 4.78 is 18.9. The lowest BCUT2D eigenvalue weighted by Crippen LogP contribution is -2.12. The molecule has 0 aliphatic rings. The molecule has 20 heavy (non-hydrogen) atoms. The summed E-state index contributed by atoms with van der Waals surface area (Å²) >= 11 is 3.10. The van der Waals surface area contributed by atoms with Crippen LogP contribution < -0.4 is 10.1 Å². The molecule has 0 spiro atoms. The van der Waals surface area contributed by atoms with Gasteiger partial charge in [-0.1, -0.05) is 12.1 Å². The van der Waals surface area contributed by atoms with Crippen molar-refractivity contribution in [2.45, 2.75) is 6.10 Å². The Morgan fingerprint density at radius 3 is 2.80 bits per heavy atom. The Kier molecular flexibility index (Phi) is 4.98. The van der Waals surface area contributed by atoms with E-state index in [9.17, 15) is 9.50 Å². The zero-order valence-electron chi connectivity index (χ0n) is 10.9. The number of ether oxygens (including phenoxy) is 1. The summed E-state index contributed by atoms with van der Waals surface area (Å²) in [5, 5.41) is 13.1. The Labute approximate surface area is 125 Å². The first-order valence-corrected chi connectivity index (χ1v) is 6.90. The number of hydrogen-bond donors (Lipinski definition) is 2. The van der Waals surface area contributed by atoms with Gasteiger partial charge in [0.15, 0.2) is 0 Å². The van der Waals surface area contributed by atoms with Gasteiger partial charge in [-0.05, 0) is 51.8 Å². The van der Waals surface area contributed by atoms with Crippen LogP contribution in [0.25, 0.3) is 0 Å². The van der Waals surface area contributed by atoms with Crippen molar-refractivity contribution < 1.29 is 14.2 Å². The predicted octanol–water partition coefficient (Wildman–Crippen LogP) is 3.74. The molecular formula is C15H15BrFNO2. The highest BCUT2D eigenvalue weighted by Gasteiger charge is 2.09. The Morgan fingerprint density at radius 1 is 1.30 bits per heavy atom. The first-order valence-electron chi connectivity index (χ1n) is 6.11. The normalized spacial score (nSPS) is 12.0. The second kappa shape index (κ2) is 6.72. The quantitative estimate of drug-likeness (QED) is 0.871. The van der Waals surface area contributed by atoms with Crippen molar-refractivity contribution in [3.8, 4) is 5.75 Å². The average molecular weight is 340 g/mol. The van der Waals surface area contributed by atoms with Crippen LogP contribution in [-0.2, 0) is 0 Å². The molecule has 0 aromatic heterocycles. The first-order chi connectivity index (χ1) is 9.60. The minimum absolute atomic E-state index is 0.286. The fourth-order valence-electron chi connectivity index (χ4n) is 1.79. The van der Waals surface area contributed by atoms with Crippen molar-refractivity contribution in [3.05, 3.63) is 58.3 Å². The average Bonchev–Trinajstić information content (AvgIpc) is 2.48. The fourth-order valence-corrected chi connectivity index (χ4v) is 2.03. The second-order valence-corrected chi connectivity index (χ2v) is 5.16. The number of hydrogen-bond acceptors (Lipinski definition) is 3. The summed E-state index contributed by atoms with van der Waals surface area (Å²) in [6, 6.07) is 12.0. The van der Waals surface area contributed by atoms with E-state index in [1.807, 2.05) is 18.2 Å². The van der Waals surface area contributed by atoms with E-state index in [2.05, 4.69) is 21.2 Å². The van der Waals surface area contributed by atoms with Gasteiger partial charge in [-0.3, -0.25) is 0 Å². The maximum atomic E-state index is 13.4. The number of nitrogens with one attached hydrogen (secondary N) is 1. The Balaban J connectivity index is 2.00. The van der Waals surface area contributed by atoms with Crippen LogP contribution in [0.15, 0.2) is 46.9 Å². The number of aliphatic hydroxyl groups is 1. The predicted molar refractivity (Wildman–Crippen MR) is 80.5 cm³/mol. The van der Waals surface area contributed by atoms with Gasteiger partial charge in [0.1, 0.15) is 11.6 Å². The molecule has 0 heterocycles. The van der Waals surface area contributed by atoms with Crippen molar-refractivity contribution in [1.82, 2.24) is 0 Å². The molecular weight excluding hydrogens is 325 g/mol. The summed E-state index contributed by atoms with van der Waals surface area (Å²) in [7, 11) is 1.58. The Bertz CT molecular complexity index is 592. The molecule has 0 amide bonds. The molecule has 106 valence electrons. The van der Waals surface area contributed by atoms with E-state index >= 15 is 0 Å². The van der Waals surface area contributed by atoms with Crippen LogP contribution in [-0.4, -0.2) is 18.8 Å². The second-order valence-electron chi connectivity index (χ2n) is 4.30. The van der Waals surface area contributed by atoms with E-state index in [0.29, 0.717) is 15.9 Å². The summed E-state index contributed by atoms with van der Waals surface area (Å²) in [5.74, 6) is 0.349. The van der Waals surface area contributed by atoms with Crippen LogP contribution >= 0.6 is 15.9 Å². The van der Waals surface area contributed by atoms with Gasteiger partial charge in [-0.15, -0.1) is 0 Å². The number of rotatable bonds is 5. The lowest BCUT2D eigenvalue weighted by Gasteiger charge is -2.14. The molecule has 0 radical (unpaired) electrons. The highest BCUT2D eigenvalue weighted by molar-refractivity contribution is 9.10.